The van der Waals surface area contributed by atoms with E-state index >= 15 is 0 Å². The Bertz CT molecular complexity index is 1750. The molecule has 0 saturated carbocycles. The van der Waals surface area contributed by atoms with Crippen LogP contribution in [0.3, 0.4) is 0 Å². The average molecular weight is 428 g/mol. The zero-order valence-corrected chi connectivity index (χ0v) is 17.2. The zero-order valence-electron chi connectivity index (χ0n) is 17.2. The third-order valence-electron chi connectivity index (χ3n) is 5.69. The van der Waals surface area contributed by atoms with E-state index in [-0.39, 0.29) is 50.5 Å². The Hall–Kier alpha value is -4.33. The van der Waals surface area contributed by atoms with Crippen LogP contribution in [0.5, 0.6) is 11.5 Å². The first-order valence-electron chi connectivity index (χ1n) is 9.75. The van der Waals surface area contributed by atoms with Crippen molar-refractivity contribution in [1.82, 2.24) is 9.55 Å². The number of methoxy groups -OCH3 is 2. The summed E-state index contributed by atoms with van der Waals surface area (Å²) in [5, 5.41) is 0.257. The maximum absolute atomic E-state index is 13.4. The van der Waals surface area contributed by atoms with Gasteiger partial charge in [0.05, 0.1) is 36.9 Å². The minimum atomic E-state index is -0.828. The van der Waals surface area contributed by atoms with Crippen molar-refractivity contribution in [3.63, 3.8) is 0 Å². The van der Waals surface area contributed by atoms with Gasteiger partial charge >= 0.3 is 0 Å². The molecular weight excluding hydrogens is 412 g/mol. The Balaban J connectivity index is 2.08. The van der Waals surface area contributed by atoms with Crippen LogP contribution in [0, 0.1) is 0 Å². The number of ether oxygens (including phenoxy) is 2. The van der Waals surface area contributed by atoms with Gasteiger partial charge in [-0.1, -0.05) is 24.3 Å². The maximum atomic E-state index is 13.4. The first kappa shape index (κ1) is 19.6. The highest BCUT2D eigenvalue weighted by Gasteiger charge is 2.28. The lowest BCUT2D eigenvalue weighted by Gasteiger charge is -2.14. The van der Waals surface area contributed by atoms with Crippen LogP contribution in [-0.4, -0.2) is 23.8 Å². The highest BCUT2D eigenvalue weighted by atomic mass is 16.5. The molecule has 0 amide bonds. The molecule has 0 N–H and O–H groups in total. The number of hydrogen-bond donors (Lipinski definition) is 0. The normalized spacial score (nSPS) is 11.4. The Labute approximate surface area is 179 Å². The molecule has 158 valence electrons. The molecule has 2 heterocycles. The predicted octanol–water partition coefficient (Wildman–Crippen LogP) is 1.72. The van der Waals surface area contributed by atoms with Crippen LogP contribution in [-0.2, 0) is 6.54 Å². The van der Waals surface area contributed by atoms with Crippen molar-refractivity contribution >= 4 is 32.4 Å². The van der Waals surface area contributed by atoms with E-state index in [4.69, 9.17) is 9.47 Å². The number of fused-ring (bicyclic) bond motifs is 3. The molecule has 5 rings (SSSR count). The number of rotatable bonds is 4. The highest BCUT2D eigenvalue weighted by molar-refractivity contribution is 6.13. The average Bonchev–Trinajstić information content (AvgIpc) is 3.06. The smallest absolute Gasteiger partial charge is 0.300 e. The van der Waals surface area contributed by atoms with Gasteiger partial charge in [-0.25, -0.2) is 0 Å². The fraction of sp³-hybridized carbons (Fsp3) is 0.125. The van der Waals surface area contributed by atoms with E-state index in [0.717, 1.165) is 5.56 Å². The van der Waals surface area contributed by atoms with Crippen molar-refractivity contribution in [3.8, 4) is 11.5 Å². The highest BCUT2D eigenvalue weighted by Crippen LogP contribution is 2.39. The molecule has 32 heavy (non-hydrogen) atoms. The number of benzene rings is 3. The van der Waals surface area contributed by atoms with Crippen molar-refractivity contribution in [2.24, 2.45) is 0 Å². The quantitative estimate of drug-likeness (QED) is 0.317. The molecule has 0 spiro atoms. The lowest BCUT2D eigenvalue weighted by molar-refractivity contribution is 0.416. The summed E-state index contributed by atoms with van der Waals surface area (Å²) in [5.41, 5.74) is -1.69. The van der Waals surface area contributed by atoms with Crippen molar-refractivity contribution in [1.29, 1.82) is 0 Å². The van der Waals surface area contributed by atoms with Gasteiger partial charge in [0.2, 0.25) is 0 Å². The van der Waals surface area contributed by atoms with Crippen LogP contribution >= 0.6 is 0 Å². The second-order valence-corrected chi connectivity index (χ2v) is 7.32. The fourth-order valence-electron chi connectivity index (χ4n) is 4.30. The van der Waals surface area contributed by atoms with E-state index in [1.807, 2.05) is 0 Å². The minimum absolute atomic E-state index is 0.00286. The Morgan fingerprint density at radius 3 is 1.88 bits per heavy atom. The van der Waals surface area contributed by atoms with Crippen LogP contribution < -0.4 is 31.3 Å². The van der Waals surface area contributed by atoms with E-state index < -0.39 is 21.8 Å². The first-order chi connectivity index (χ1) is 15.5. The van der Waals surface area contributed by atoms with Gasteiger partial charge in [-0.05, 0) is 17.7 Å². The largest absolute Gasteiger partial charge is 0.495 e. The third kappa shape index (κ3) is 2.52. The molecule has 0 atom stereocenters. The summed E-state index contributed by atoms with van der Waals surface area (Å²) in [4.78, 5) is 56.8. The summed E-state index contributed by atoms with van der Waals surface area (Å²) in [5.74, 6) is -0.101. The van der Waals surface area contributed by atoms with E-state index in [2.05, 4.69) is 4.98 Å². The zero-order chi connectivity index (χ0) is 22.6. The monoisotopic (exact) mass is 428 g/mol. The maximum Gasteiger partial charge on any atom is 0.300 e. The Kier molecular flexibility index (Phi) is 4.37. The summed E-state index contributed by atoms with van der Waals surface area (Å²) in [6.07, 6.45) is 3.14. The van der Waals surface area contributed by atoms with Crippen molar-refractivity contribution in [2.45, 2.75) is 6.54 Å². The molecule has 0 aliphatic carbocycles. The molecule has 0 aliphatic rings. The first-order valence-corrected chi connectivity index (χ1v) is 9.75. The van der Waals surface area contributed by atoms with Gasteiger partial charge in [0, 0.05) is 23.2 Å². The van der Waals surface area contributed by atoms with Gasteiger partial charge in [-0.2, -0.15) is 0 Å². The lowest BCUT2D eigenvalue weighted by atomic mass is 9.98. The number of hydrogen-bond acceptors (Lipinski definition) is 7. The second-order valence-electron chi connectivity index (χ2n) is 7.32. The molecule has 0 unspecified atom stereocenters. The Morgan fingerprint density at radius 1 is 0.750 bits per heavy atom. The van der Waals surface area contributed by atoms with E-state index in [9.17, 15) is 19.2 Å². The summed E-state index contributed by atoms with van der Waals surface area (Å²) in [6, 6.07) is 9.83. The number of nitrogens with zero attached hydrogens (tertiary/aromatic N) is 2. The van der Waals surface area contributed by atoms with E-state index in [0.29, 0.717) is 0 Å². The molecule has 0 saturated heterocycles. The topological polar surface area (TPSA) is 105 Å². The van der Waals surface area contributed by atoms with Gasteiger partial charge in [-0.3, -0.25) is 28.7 Å². The standard InChI is InChI=1S/C24H16N2O6/c1-31-22-15-16(20(28)14-6-4-3-5-13(14)19(15)27)23(32-2)18-17(22)21(29)24(30)26(18)11-12-7-9-25-10-8-12/h3-10H,11H2,1-2H3. The third-order valence-corrected chi connectivity index (χ3v) is 5.69. The van der Waals surface area contributed by atoms with Crippen LogP contribution in [0.1, 0.15) is 5.56 Å². The summed E-state index contributed by atoms with van der Waals surface area (Å²) in [6.45, 7) is 0.0527. The fourth-order valence-corrected chi connectivity index (χ4v) is 4.30. The summed E-state index contributed by atoms with van der Waals surface area (Å²) in [7, 11) is 2.63. The molecule has 2 aromatic heterocycles. The molecule has 0 bridgehead atoms. The van der Waals surface area contributed by atoms with E-state index in [1.54, 1.807) is 48.8 Å². The number of aromatic nitrogens is 2. The van der Waals surface area contributed by atoms with Crippen molar-refractivity contribution in [3.05, 3.63) is 95.4 Å². The van der Waals surface area contributed by atoms with Crippen LogP contribution in [0.15, 0.2) is 68.0 Å². The predicted molar refractivity (Wildman–Crippen MR) is 121 cm³/mol. The molecule has 3 aromatic carbocycles. The molecule has 0 radical (unpaired) electrons. The van der Waals surface area contributed by atoms with Gasteiger partial charge < -0.3 is 9.47 Å². The molecule has 8 nitrogen and oxygen atoms in total. The van der Waals surface area contributed by atoms with Crippen LogP contribution in [0.25, 0.3) is 32.4 Å². The lowest BCUT2D eigenvalue weighted by Crippen LogP contribution is -2.27. The molecule has 8 heteroatoms. The van der Waals surface area contributed by atoms with Crippen molar-refractivity contribution < 1.29 is 9.47 Å². The minimum Gasteiger partial charge on any atom is -0.495 e. The SMILES string of the molecule is COc1c2c(=O)c3ccccc3c(=O)c2c(OC)c2c1c(=O)c(=O)n2Cc1ccncc1. The summed E-state index contributed by atoms with van der Waals surface area (Å²) < 4.78 is 12.3. The molecule has 0 aliphatic heterocycles. The van der Waals surface area contributed by atoms with Crippen LogP contribution in [0.2, 0.25) is 0 Å². The van der Waals surface area contributed by atoms with E-state index in [1.165, 1.54) is 18.8 Å². The summed E-state index contributed by atoms with van der Waals surface area (Å²) >= 11 is 0. The second kappa shape index (κ2) is 7.12. The van der Waals surface area contributed by atoms with Gasteiger partial charge in [0.15, 0.2) is 16.6 Å². The molecule has 0 fully saturated rings. The number of pyridine rings is 1. The van der Waals surface area contributed by atoms with Crippen LogP contribution in [0.4, 0.5) is 0 Å². The van der Waals surface area contributed by atoms with Gasteiger partial charge in [0.1, 0.15) is 11.3 Å². The molecular formula is C24H16N2O6. The van der Waals surface area contributed by atoms with Crippen molar-refractivity contribution in [2.75, 3.05) is 14.2 Å². The van der Waals surface area contributed by atoms with Gasteiger partial charge in [0.25, 0.3) is 11.0 Å². The van der Waals surface area contributed by atoms with Gasteiger partial charge in [-0.15, -0.1) is 0 Å². The molecule has 5 aromatic rings. The Morgan fingerprint density at radius 2 is 1.31 bits per heavy atom.